The van der Waals surface area contributed by atoms with Crippen LogP contribution in [0.4, 0.5) is 10.5 Å². The zero-order valence-electron chi connectivity index (χ0n) is 19.3. The number of amides is 4. The number of para-hydroxylation sites is 1. The first kappa shape index (κ1) is 23.1. The molecule has 3 aliphatic heterocycles. The number of aliphatic hydroxyl groups is 1. The van der Waals surface area contributed by atoms with E-state index in [-0.39, 0.29) is 43.3 Å². The molecule has 1 aromatic carbocycles. The molecule has 2 fully saturated rings. The van der Waals surface area contributed by atoms with Crippen LogP contribution >= 0.6 is 0 Å². The van der Waals surface area contributed by atoms with Crippen LogP contribution in [-0.2, 0) is 15.0 Å². The SMILES string of the molecule is CC(C)C[C@@H](C(=O)N1C[C@]2(C[C@H]1C#N)C(=O)Nc1ccccc12)N(C)C(=O)N1CC[C@H](O)C1. The Balaban J connectivity index is 1.61. The van der Waals surface area contributed by atoms with E-state index in [0.717, 1.165) is 5.56 Å². The van der Waals surface area contributed by atoms with Gasteiger partial charge in [0.05, 0.1) is 17.6 Å². The number of carbonyl (C=O) groups is 3. The van der Waals surface area contributed by atoms with E-state index in [1.807, 2.05) is 38.1 Å². The lowest BCUT2D eigenvalue weighted by atomic mass is 9.80. The number of nitrogens with zero attached hydrogens (tertiary/aromatic N) is 4. The molecule has 176 valence electrons. The van der Waals surface area contributed by atoms with Crippen LogP contribution in [0.3, 0.4) is 0 Å². The molecule has 33 heavy (non-hydrogen) atoms. The van der Waals surface area contributed by atoms with Gasteiger partial charge in [-0.05, 0) is 30.4 Å². The van der Waals surface area contributed by atoms with Crippen LogP contribution in [0, 0.1) is 17.2 Å². The van der Waals surface area contributed by atoms with Gasteiger partial charge < -0.3 is 25.1 Å². The van der Waals surface area contributed by atoms with Crippen LogP contribution in [-0.4, -0.2) is 82.5 Å². The molecule has 1 aromatic rings. The minimum atomic E-state index is -0.962. The fraction of sp³-hybridized carbons (Fsp3) is 0.583. The van der Waals surface area contributed by atoms with Crippen molar-refractivity contribution in [1.29, 1.82) is 5.26 Å². The maximum absolute atomic E-state index is 13.8. The fourth-order valence-electron chi connectivity index (χ4n) is 5.32. The summed E-state index contributed by atoms with van der Waals surface area (Å²) in [7, 11) is 1.60. The second-order valence-electron chi connectivity index (χ2n) is 9.82. The summed E-state index contributed by atoms with van der Waals surface area (Å²) in [6.45, 7) is 4.75. The lowest BCUT2D eigenvalue weighted by Crippen LogP contribution is -2.54. The van der Waals surface area contributed by atoms with Crippen molar-refractivity contribution in [3.8, 4) is 6.07 Å². The monoisotopic (exact) mass is 453 g/mol. The molecule has 2 saturated heterocycles. The number of hydrogen-bond donors (Lipinski definition) is 2. The standard InChI is InChI=1S/C24H31N5O4/c1-15(2)10-20(27(3)23(33)28-9-8-17(30)13-28)21(31)29-14-24(11-16(29)12-25)18-6-4-5-7-19(18)26-22(24)32/h4-7,15-17,20,30H,8-11,13-14H2,1-3H3,(H,26,32)/t16-,17-,20-,24-/m0/s1. The first-order valence-corrected chi connectivity index (χ1v) is 11.5. The van der Waals surface area contributed by atoms with Crippen molar-refractivity contribution in [3.05, 3.63) is 29.8 Å². The van der Waals surface area contributed by atoms with E-state index in [9.17, 15) is 24.8 Å². The summed E-state index contributed by atoms with van der Waals surface area (Å²) in [6.07, 6.45) is 0.621. The second kappa shape index (κ2) is 8.67. The van der Waals surface area contributed by atoms with Crippen LogP contribution in [0.25, 0.3) is 0 Å². The zero-order valence-corrected chi connectivity index (χ0v) is 19.3. The predicted octanol–water partition coefficient (Wildman–Crippen LogP) is 1.53. The van der Waals surface area contributed by atoms with Gasteiger partial charge in [-0.1, -0.05) is 32.0 Å². The van der Waals surface area contributed by atoms with Crippen molar-refractivity contribution in [3.63, 3.8) is 0 Å². The Kier molecular flexibility index (Phi) is 6.06. The van der Waals surface area contributed by atoms with E-state index < -0.39 is 23.6 Å². The Bertz CT molecular complexity index is 1000. The summed E-state index contributed by atoms with van der Waals surface area (Å²) in [4.78, 5) is 44.4. The number of likely N-dealkylation sites (tertiary alicyclic amines) is 2. The number of carbonyl (C=O) groups excluding carboxylic acids is 3. The number of anilines is 1. The van der Waals surface area contributed by atoms with E-state index in [4.69, 9.17) is 0 Å². The fourth-order valence-corrected chi connectivity index (χ4v) is 5.32. The highest BCUT2D eigenvalue weighted by atomic mass is 16.3. The highest BCUT2D eigenvalue weighted by molar-refractivity contribution is 6.07. The molecular formula is C24H31N5O4. The highest BCUT2D eigenvalue weighted by Crippen LogP contribution is 2.46. The van der Waals surface area contributed by atoms with Crippen LogP contribution < -0.4 is 5.32 Å². The third-order valence-electron chi connectivity index (χ3n) is 7.10. The molecule has 0 saturated carbocycles. The van der Waals surface area contributed by atoms with Crippen molar-refractivity contribution in [1.82, 2.24) is 14.7 Å². The van der Waals surface area contributed by atoms with Crippen molar-refractivity contribution in [2.45, 2.75) is 56.7 Å². The number of hydrogen-bond acceptors (Lipinski definition) is 5. The number of fused-ring (bicyclic) bond motifs is 2. The van der Waals surface area contributed by atoms with Crippen molar-refractivity contribution in [2.24, 2.45) is 5.92 Å². The molecule has 4 amide bonds. The lowest BCUT2D eigenvalue weighted by Gasteiger charge is -2.35. The molecule has 0 bridgehead atoms. The molecule has 9 heteroatoms. The summed E-state index contributed by atoms with van der Waals surface area (Å²) in [5.74, 6) is -0.388. The van der Waals surface area contributed by atoms with E-state index in [1.54, 1.807) is 11.9 Å². The smallest absolute Gasteiger partial charge is 0.320 e. The predicted molar refractivity (Wildman–Crippen MR) is 121 cm³/mol. The molecular weight excluding hydrogens is 422 g/mol. The molecule has 4 rings (SSSR count). The number of benzene rings is 1. The van der Waals surface area contributed by atoms with E-state index in [1.165, 1.54) is 9.80 Å². The van der Waals surface area contributed by atoms with Gasteiger partial charge in [-0.2, -0.15) is 5.26 Å². The molecule has 9 nitrogen and oxygen atoms in total. The van der Waals surface area contributed by atoms with Gasteiger partial charge in [0.25, 0.3) is 0 Å². The molecule has 3 aliphatic rings. The number of aliphatic hydroxyl groups excluding tert-OH is 1. The Morgan fingerprint density at radius 3 is 2.73 bits per heavy atom. The number of β-amino-alcohol motifs (C(OH)–C–C–N with tert-alkyl or cyclic N) is 1. The van der Waals surface area contributed by atoms with Crippen LogP contribution in [0.1, 0.15) is 38.7 Å². The molecule has 1 spiro atoms. The maximum atomic E-state index is 13.8. The van der Waals surface area contributed by atoms with Gasteiger partial charge in [-0.3, -0.25) is 9.59 Å². The number of nitrogens with one attached hydrogen (secondary N) is 1. The number of urea groups is 1. The van der Waals surface area contributed by atoms with Crippen molar-refractivity contribution >= 4 is 23.5 Å². The minimum Gasteiger partial charge on any atom is -0.391 e. The molecule has 0 aromatic heterocycles. The Hall–Kier alpha value is -3.12. The van der Waals surface area contributed by atoms with Crippen LogP contribution in [0.5, 0.6) is 0 Å². The summed E-state index contributed by atoms with van der Waals surface area (Å²) < 4.78 is 0. The van der Waals surface area contributed by atoms with Gasteiger partial charge in [-0.25, -0.2) is 4.79 Å². The summed E-state index contributed by atoms with van der Waals surface area (Å²) >= 11 is 0. The summed E-state index contributed by atoms with van der Waals surface area (Å²) in [6, 6.07) is 7.77. The molecule has 0 radical (unpaired) electrons. The molecule has 2 N–H and O–H groups in total. The first-order valence-electron chi connectivity index (χ1n) is 11.5. The van der Waals surface area contributed by atoms with E-state index >= 15 is 0 Å². The summed E-state index contributed by atoms with van der Waals surface area (Å²) in [5, 5.41) is 22.6. The topological polar surface area (TPSA) is 117 Å². The third kappa shape index (κ3) is 3.93. The highest BCUT2D eigenvalue weighted by Gasteiger charge is 2.56. The number of rotatable bonds is 4. The van der Waals surface area contributed by atoms with Crippen LogP contribution in [0.2, 0.25) is 0 Å². The van der Waals surface area contributed by atoms with Crippen LogP contribution in [0.15, 0.2) is 24.3 Å². The number of likely N-dealkylation sites (N-methyl/N-ethyl adjacent to an activating group) is 1. The molecule has 0 unspecified atom stereocenters. The maximum Gasteiger partial charge on any atom is 0.320 e. The van der Waals surface area contributed by atoms with Gasteiger partial charge in [0, 0.05) is 38.8 Å². The van der Waals surface area contributed by atoms with Gasteiger partial charge in [-0.15, -0.1) is 0 Å². The van der Waals surface area contributed by atoms with Gasteiger partial charge >= 0.3 is 6.03 Å². The number of nitriles is 1. The third-order valence-corrected chi connectivity index (χ3v) is 7.10. The van der Waals surface area contributed by atoms with Gasteiger partial charge in [0.15, 0.2) is 0 Å². The van der Waals surface area contributed by atoms with Gasteiger partial charge in [0.1, 0.15) is 12.1 Å². The molecule has 4 atom stereocenters. The first-order chi connectivity index (χ1) is 15.7. The Labute approximate surface area is 193 Å². The van der Waals surface area contributed by atoms with E-state index in [2.05, 4.69) is 11.4 Å². The average molecular weight is 454 g/mol. The van der Waals surface area contributed by atoms with Crippen molar-refractivity contribution in [2.75, 3.05) is 32.0 Å². The Morgan fingerprint density at radius 2 is 2.09 bits per heavy atom. The normalized spacial score (nSPS) is 27.0. The van der Waals surface area contributed by atoms with Gasteiger partial charge in [0.2, 0.25) is 11.8 Å². The zero-order chi connectivity index (χ0) is 23.9. The largest absolute Gasteiger partial charge is 0.391 e. The quantitative estimate of drug-likeness (QED) is 0.717. The average Bonchev–Trinajstić information content (AvgIpc) is 3.47. The van der Waals surface area contributed by atoms with Crippen molar-refractivity contribution < 1.29 is 19.5 Å². The molecule has 3 heterocycles. The molecule has 0 aliphatic carbocycles. The minimum absolute atomic E-state index is 0.103. The Morgan fingerprint density at radius 1 is 1.36 bits per heavy atom. The lowest BCUT2D eigenvalue weighted by molar-refractivity contribution is -0.136. The second-order valence-corrected chi connectivity index (χ2v) is 9.82. The van der Waals surface area contributed by atoms with E-state index in [0.29, 0.717) is 25.1 Å². The summed E-state index contributed by atoms with van der Waals surface area (Å²) in [5.41, 5.74) is 0.560.